The van der Waals surface area contributed by atoms with Gasteiger partial charge in [0, 0.05) is 26.1 Å². The Hall–Kier alpha value is -1.92. The van der Waals surface area contributed by atoms with Gasteiger partial charge >= 0.3 is 5.97 Å². The van der Waals surface area contributed by atoms with Crippen LogP contribution in [0.3, 0.4) is 0 Å². The molecule has 0 saturated carbocycles. The molecule has 1 unspecified atom stereocenters. The van der Waals surface area contributed by atoms with Gasteiger partial charge in [-0.25, -0.2) is 4.79 Å². The monoisotopic (exact) mass is 321 g/mol. The number of benzene rings is 1. The lowest BCUT2D eigenvalue weighted by Gasteiger charge is -2.17. The molecule has 1 amide bonds. The lowest BCUT2D eigenvalue weighted by Crippen LogP contribution is -2.30. The van der Waals surface area contributed by atoms with E-state index in [1.807, 2.05) is 4.90 Å². The quantitative estimate of drug-likeness (QED) is 0.733. The molecule has 1 aromatic carbocycles. The molecule has 1 aliphatic rings. The van der Waals surface area contributed by atoms with Crippen molar-refractivity contribution in [3.63, 3.8) is 0 Å². The van der Waals surface area contributed by atoms with Crippen LogP contribution in [0, 0.1) is 5.92 Å². The van der Waals surface area contributed by atoms with Crippen LogP contribution in [0.15, 0.2) is 24.3 Å². The maximum atomic E-state index is 12.3. The number of hydrogen-bond donors (Lipinski definition) is 1. The fourth-order valence-electron chi connectivity index (χ4n) is 2.69. The zero-order chi connectivity index (χ0) is 16.7. The summed E-state index contributed by atoms with van der Waals surface area (Å²) in [5, 5.41) is 8.99. The zero-order valence-electron chi connectivity index (χ0n) is 13.4. The molecular formula is C17H23NO5. The molecule has 0 radical (unpaired) electrons. The first kappa shape index (κ1) is 17.4. The molecule has 6 heteroatoms. The van der Waals surface area contributed by atoms with Crippen LogP contribution in [0.25, 0.3) is 0 Å². The minimum Gasteiger partial charge on any atom is -0.478 e. The Labute approximate surface area is 136 Å². The Kier molecular flexibility index (Phi) is 6.55. The van der Waals surface area contributed by atoms with Crippen LogP contribution in [0.1, 0.15) is 22.3 Å². The summed E-state index contributed by atoms with van der Waals surface area (Å²) in [6.07, 6.45) is 1.17. The highest BCUT2D eigenvalue weighted by molar-refractivity contribution is 5.88. The van der Waals surface area contributed by atoms with Crippen LogP contribution < -0.4 is 0 Å². The largest absolute Gasteiger partial charge is 0.478 e. The third kappa shape index (κ3) is 5.33. The van der Waals surface area contributed by atoms with Crippen molar-refractivity contribution in [2.45, 2.75) is 12.8 Å². The second-order valence-electron chi connectivity index (χ2n) is 5.74. The van der Waals surface area contributed by atoms with E-state index in [1.165, 1.54) is 6.07 Å². The number of methoxy groups -OCH3 is 1. The van der Waals surface area contributed by atoms with Crippen LogP contribution in [0.2, 0.25) is 0 Å². The van der Waals surface area contributed by atoms with Crippen LogP contribution >= 0.6 is 0 Å². The topological polar surface area (TPSA) is 76.1 Å². The Morgan fingerprint density at radius 2 is 2.17 bits per heavy atom. The second-order valence-corrected chi connectivity index (χ2v) is 5.74. The fourth-order valence-corrected chi connectivity index (χ4v) is 2.69. The minimum absolute atomic E-state index is 0.0342. The molecule has 1 saturated heterocycles. The summed E-state index contributed by atoms with van der Waals surface area (Å²) in [7, 11) is 1.64. The molecule has 1 aliphatic heterocycles. The van der Waals surface area contributed by atoms with Gasteiger partial charge in [0.25, 0.3) is 0 Å². The minimum atomic E-state index is -0.978. The molecule has 0 bridgehead atoms. The summed E-state index contributed by atoms with van der Waals surface area (Å²) >= 11 is 0. The number of amides is 1. The summed E-state index contributed by atoms with van der Waals surface area (Å²) < 4.78 is 10.4. The number of carbonyl (C=O) groups excluding carboxylic acids is 1. The highest BCUT2D eigenvalue weighted by atomic mass is 16.5. The van der Waals surface area contributed by atoms with Gasteiger partial charge < -0.3 is 19.5 Å². The molecule has 0 aliphatic carbocycles. The molecule has 6 nitrogen and oxygen atoms in total. The SMILES string of the molecule is COCCOCC1CCN(C(=O)Cc2cccc(C(=O)O)c2)C1. The molecule has 1 fully saturated rings. The number of ether oxygens (including phenoxy) is 2. The molecule has 1 heterocycles. The van der Waals surface area contributed by atoms with E-state index in [-0.39, 0.29) is 17.9 Å². The summed E-state index contributed by atoms with van der Waals surface area (Å²) in [5.74, 6) is -0.582. The lowest BCUT2D eigenvalue weighted by molar-refractivity contribution is -0.129. The van der Waals surface area contributed by atoms with Gasteiger partial charge in [-0.2, -0.15) is 0 Å². The van der Waals surface area contributed by atoms with Crippen LogP contribution in [-0.2, 0) is 20.7 Å². The van der Waals surface area contributed by atoms with Crippen molar-refractivity contribution >= 4 is 11.9 Å². The van der Waals surface area contributed by atoms with Gasteiger partial charge in [0.2, 0.25) is 5.91 Å². The highest BCUT2D eigenvalue weighted by Gasteiger charge is 2.26. The average molecular weight is 321 g/mol. The van der Waals surface area contributed by atoms with Crippen molar-refractivity contribution in [2.24, 2.45) is 5.92 Å². The van der Waals surface area contributed by atoms with Crippen molar-refractivity contribution in [1.82, 2.24) is 4.90 Å². The second kappa shape index (κ2) is 8.64. The van der Waals surface area contributed by atoms with E-state index in [0.717, 1.165) is 18.5 Å². The van der Waals surface area contributed by atoms with Gasteiger partial charge in [-0.3, -0.25) is 4.79 Å². The number of carboxylic acid groups (broad SMARTS) is 1. The van der Waals surface area contributed by atoms with Crippen molar-refractivity contribution in [2.75, 3.05) is 40.0 Å². The maximum absolute atomic E-state index is 12.3. The van der Waals surface area contributed by atoms with Crippen LogP contribution in [-0.4, -0.2) is 61.9 Å². The molecule has 1 aromatic rings. The van der Waals surface area contributed by atoms with Crippen molar-refractivity contribution in [3.05, 3.63) is 35.4 Å². The van der Waals surface area contributed by atoms with E-state index in [0.29, 0.717) is 32.3 Å². The smallest absolute Gasteiger partial charge is 0.335 e. The Morgan fingerprint density at radius 3 is 2.91 bits per heavy atom. The normalized spacial score (nSPS) is 17.4. The lowest BCUT2D eigenvalue weighted by atomic mass is 10.1. The van der Waals surface area contributed by atoms with E-state index < -0.39 is 5.97 Å². The molecule has 1 atom stereocenters. The zero-order valence-corrected chi connectivity index (χ0v) is 13.4. The first-order valence-electron chi connectivity index (χ1n) is 7.77. The third-order valence-corrected chi connectivity index (χ3v) is 3.95. The summed E-state index contributed by atoms with van der Waals surface area (Å²) in [4.78, 5) is 25.1. The average Bonchev–Trinajstić information content (AvgIpc) is 3.01. The highest BCUT2D eigenvalue weighted by Crippen LogP contribution is 2.18. The molecule has 23 heavy (non-hydrogen) atoms. The molecule has 2 rings (SSSR count). The first-order chi connectivity index (χ1) is 11.1. The van der Waals surface area contributed by atoms with Crippen LogP contribution in [0.5, 0.6) is 0 Å². The number of carboxylic acids is 1. The van der Waals surface area contributed by atoms with Crippen molar-refractivity contribution < 1.29 is 24.2 Å². The van der Waals surface area contributed by atoms with Gasteiger partial charge in [-0.1, -0.05) is 12.1 Å². The standard InChI is InChI=1S/C17H23NO5/c1-22-7-8-23-12-14-5-6-18(11-14)16(19)10-13-3-2-4-15(9-13)17(20)21/h2-4,9,14H,5-8,10-12H2,1H3,(H,20,21). The van der Waals surface area contributed by atoms with Crippen molar-refractivity contribution in [3.8, 4) is 0 Å². The number of hydrogen-bond acceptors (Lipinski definition) is 4. The molecule has 1 N–H and O–H groups in total. The first-order valence-corrected chi connectivity index (χ1v) is 7.77. The summed E-state index contributed by atoms with van der Waals surface area (Å²) in [5.41, 5.74) is 0.941. The summed E-state index contributed by atoms with van der Waals surface area (Å²) in [6, 6.07) is 6.54. The number of aromatic carboxylic acids is 1. The number of rotatable bonds is 8. The molecular weight excluding hydrogens is 298 g/mol. The predicted octanol–water partition coefficient (Wildman–Crippen LogP) is 1.44. The number of nitrogens with zero attached hydrogens (tertiary/aromatic N) is 1. The molecule has 0 aromatic heterocycles. The van der Waals surface area contributed by atoms with E-state index >= 15 is 0 Å². The van der Waals surface area contributed by atoms with Gasteiger partial charge in [0.15, 0.2) is 0 Å². The Balaban J connectivity index is 1.80. The molecule has 0 spiro atoms. The Bertz CT molecular complexity index is 546. The summed E-state index contributed by atoms with van der Waals surface area (Å²) in [6.45, 7) is 3.22. The van der Waals surface area contributed by atoms with E-state index in [1.54, 1.807) is 25.3 Å². The molecule has 126 valence electrons. The van der Waals surface area contributed by atoms with Gasteiger partial charge in [-0.05, 0) is 24.1 Å². The fraction of sp³-hybridized carbons (Fsp3) is 0.529. The van der Waals surface area contributed by atoms with E-state index in [2.05, 4.69) is 0 Å². The van der Waals surface area contributed by atoms with E-state index in [4.69, 9.17) is 14.6 Å². The van der Waals surface area contributed by atoms with Gasteiger partial charge in [-0.15, -0.1) is 0 Å². The van der Waals surface area contributed by atoms with Gasteiger partial charge in [0.05, 0.1) is 31.8 Å². The Morgan fingerprint density at radius 1 is 1.35 bits per heavy atom. The maximum Gasteiger partial charge on any atom is 0.335 e. The van der Waals surface area contributed by atoms with E-state index in [9.17, 15) is 9.59 Å². The predicted molar refractivity (Wildman–Crippen MR) is 84.5 cm³/mol. The number of likely N-dealkylation sites (tertiary alicyclic amines) is 1. The third-order valence-electron chi connectivity index (χ3n) is 3.95. The van der Waals surface area contributed by atoms with Crippen LogP contribution in [0.4, 0.5) is 0 Å². The number of carbonyl (C=O) groups is 2. The van der Waals surface area contributed by atoms with Crippen molar-refractivity contribution in [1.29, 1.82) is 0 Å². The van der Waals surface area contributed by atoms with Gasteiger partial charge in [0.1, 0.15) is 0 Å².